The molecule has 0 spiro atoms. The smallest absolute Gasteiger partial charge is 0.241 e. The van der Waals surface area contributed by atoms with Gasteiger partial charge in [-0.05, 0) is 43.5 Å². The maximum Gasteiger partial charge on any atom is 0.241 e. The molecule has 0 saturated carbocycles. The molecule has 18 heavy (non-hydrogen) atoms. The van der Waals surface area contributed by atoms with E-state index in [1.807, 2.05) is 0 Å². The third-order valence-electron chi connectivity index (χ3n) is 2.63. The fourth-order valence-corrected chi connectivity index (χ4v) is 1.54. The molecule has 1 atom stereocenters. The number of aryl methyl sites for hydroxylation is 1. The number of ether oxygens (including phenoxy) is 1. The third-order valence-corrected chi connectivity index (χ3v) is 2.63. The van der Waals surface area contributed by atoms with Gasteiger partial charge in [-0.25, -0.2) is 4.39 Å². The fraction of sp³-hybridized carbons (Fsp3) is 0.462. The Labute approximate surface area is 106 Å². The van der Waals surface area contributed by atoms with Gasteiger partial charge in [0.25, 0.3) is 0 Å². The van der Waals surface area contributed by atoms with Crippen LogP contribution in [-0.2, 0) is 9.53 Å². The molecule has 1 aromatic rings. The van der Waals surface area contributed by atoms with Gasteiger partial charge in [-0.3, -0.25) is 4.79 Å². The highest BCUT2D eigenvalue weighted by molar-refractivity contribution is 5.94. The average molecular weight is 254 g/mol. The maximum atomic E-state index is 13.0. The summed E-state index contributed by atoms with van der Waals surface area (Å²) >= 11 is 0. The first-order valence-corrected chi connectivity index (χ1v) is 5.86. The lowest BCUT2D eigenvalue weighted by atomic mass is 10.1. The van der Waals surface area contributed by atoms with Gasteiger partial charge < -0.3 is 15.8 Å². The molecular weight excluding hydrogens is 235 g/mol. The summed E-state index contributed by atoms with van der Waals surface area (Å²) in [4.78, 5) is 11.7. The van der Waals surface area contributed by atoms with E-state index in [0.717, 1.165) is 6.42 Å². The van der Waals surface area contributed by atoms with E-state index in [4.69, 9.17) is 10.5 Å². The molecule has 0 fully saturated rings. The first kappa shape index (κ1) is 14.6. The van der Waals surface area contributed by atoms with Gasteiger partial charge in [-0.15, -0.1) is 0 Å². The Kier molecular flexibility index (Phi) is 5.74. The highest BCUT2D eigenvalue weighted by atomic mass is 19.1. The SMILES string of the molecule is COCCCC(N)C(=O)Nc1ccc(F)c(C)c1. The third kappa shape index (κ3) is 4.43. The highest BCUT2D eigenvalue weighted by Crippen LogP contribution is 2.14. The second kappa shape index (κ2) is 7.08. The monoisotopic (exact) mass is 254 g/mol. The number of benzene rings is 1. The number of halogens is 1. The van der Waals surface area contributed by atoms with Crippen LogP contribution in [0, 0.1) is 12.7 Å². The maximum absolute atomic E-state index is 13.0. The highest BCUT2D eigenvalue weighted by Gasteiger charge is 2.13. The largest absolute Gasteiger partial charge is 0.385 e. The van der Waals surface area contributed by atoms with Crippen molar-refractivity contribution in [1.29, 1.82) is 0 Å². The topological polar surface area (TPSA) is 64.3 Å². The minimum absolute atomic E-state index is 0.267. The van der Waals surface area contributed by atoms with Crippen LogP contribution in [0.5, 0.6) is 0 Å². The van der Waals surface area contributed by atoms with Gasteiger partial charge in [-0.1, -0.05) is 0 Å². The van der Waals surface area contributed by atoms with Crippen molar-refractivity contribution in [3.05, 3.63) is 29.6 Å². The lowest BCUT2D eigenvalue weighted by Gasteiger charge is -2.12. The van der Waals surface area contributed by atoms with Crippen molar-refractivity contribution in [2.24, 2.45) is 5.73 Å². The van der Waals surface area contributed by atoms with Gasteiger partial charge in [0.1, 0.15) is 5.82 Å². The number of hydrogen-bond donors (Lipinski definition) is 2. The lowest BCUT2D eigenvalue weighted by molar-refractivity contribution is -0.117. The zero-order valence-electron chi connectivity index (χ0n) is 10.7. The average Bonchev–Trinajstić information content (AvgIpc) is 2.34. The fourth-order valence-electron chi connectivity index (χ4n) is 1.54. The van der Waals surface area contributed by atoms with Gasteiger partial charge in [0.15, 0.2) is 0 Å². The molecule has 1 unspecified atom stereocenters. The number of methoxy groups -OCH3 is 1. The second-order valence-corrected chi connectivity index (χ2v) is 4.19. The lowest BCUT2D eigenvalue weighted by Crippen LogP contribution is -2.35. The summed E-state index contributed by atoms with van der Waals surface area (Å²) in [6.07, 6.45) is 1.29. The number of anilines is 1. The van der Waals surface area contributed by atoms with Crippen molar-refractivity contribution in [2.45, 2.75) is 25.8 Å². The summed E-state index contributed by atoms with van der Waals surface area (Å²) in [5.74, 6) is -0.561. The molecule has 0 radical (unpaired) electrons. The number of hydrogen-bond acceptors (Lipinski definition) is 3. The first-order chi connectivity index (χ1) is 8.54. The van der Waals surface area contributed by atoms with E-state index in [1.54, 1.807) is 20.1 Å². The van der Waals surface area contributed by atoms with Crippen molar-refractivity contribution >= 4 is 11.6 Å². The van der Waals surface area contributed by atoms with Crippen LogP contribution < -0.4 is 11.1 Å². The molecule has 4 nitrogen and oxygen atoms in total. The number of nitrogens with one attached hydrogen (secondary N) is 1. The summed E-state index contributed by atoms with van der Waals surface area (Å²) in [6, 6.07) is 3.84. The number of carbonyl (C=O) groups excluding carboxylic acids is 1. The van der Waals surface area contributed by atoms with Gasteiger partial charge >= 0.3 is 0 Å². The molecule has 0 aromatic heterocycles. The van der Waals surface area contributed by atoms with Crippen LogP contribution >= 0.6 is 0 Å². The predicted octanol–water partition coefficient (Wildman–Crippen LogP) is 1.83. The van der Waals surface area contributed by atoms with Crippen LogP contribution in [0.1, 0.15) is 18.4 Å². The van der Waals surface area contributed by atoms with E-state index >= 15 is 0 Å². The van der Waals surface area contributed by atoms with Gasteiger partial charge in [0.05, 0.1) is 6.04 Å². The zero-order chi connectivity index (χ0) is 13.5. The molecule has 0 heterocycles. The first-order valence-electron chi connectivity index (χ1n) is 5.86. The molecule has 1 aromatic carbocycles. The Bertz CT molecular complexity index is 410. The Balaban J connectivity index is 2.50. The number of amides is 1. The molecular formula is C13H19FN2O2. The summed E-state index contributed by atoms with van der Waals surface area (Å²) in [5.41, 5.74) is 6.78. The van der Waals surface area contributed by atoms with Crippen molar-refractivity contribution in [3.63, 3.8) is 0 Å². The Morgan fingerprint density at radius 1 is 1.56 bits per heavy atom. The van der Waals surface area contributed by atoms with Crippen LogP contribution in [0.2, 0.25) is 0 Å². The molecule has 3 N–H and O–H groups in total. The Morgan fingerprint density at radius 2 is 2.28 bits per heavy atom. The minimum atomic E-state index is -0.578. The number of rotatable bonds is 6. The van der Waals surface area contributed by atoms with Crippen LogP contribution in [0.25, 0.3) is 0 Å². The van der Waals surface area contributed by atoms with E-state index in [2.05, 4.69) is 5.32 Å². The van der Waals surface area contributed by atoms with Crippen LogP contribution in [0.3, 0.4) is 0 Å². The summed E-state index contributed by atoms with van der Waals surface area (Å²) in [5, 5.41) is 2.67. The van der Waals surface area contributed by atoms with E-state index in [1.165, 1.54) is 12.1 Å². The molecule has 0 aliphatic rings. The zero-order valence-corrected chi connectivity index (χ0v) is 10.7. The Hall–Kier alpha value is -1.46. The van der Waals surface area contributed by atoms with E-state index < -0.39 is 6.04 Å². The molecule has 0 aliphatic carbocycles. The standard InChI is InChI=1S/C13H19FN2O2/c1-9-8-10(5-6-11(9)14)16-13(17)12(15)4-3-7-18-2/h5-6,8,12H,3-4,7,15H2,1-2H3,(H,16,17). The molecule has 0 aliphatic heterocycles. The normalized spacial score (nSPS) is 12.2. The van der Waals surface area contributed by atoms with E-state index in [-0.39, 0.29) is 11.7 Å². The van der Waals surface area contributed by atoms with Crippen LogP contribution in [0.4, 0.5) is 10.1 Å². The van der Waals surface area contributed by atoms with Crippen molar-refractivity contribution in [1.82, 2.24) is 0 Å². The summed E-state index contributed by atoms with van der Waals surface area (Å²) in [7, 11) is 1.60. The predicted molar refractivity (Wildman–Crippen MR) is 68.9 cm³/mol. The quantitative estimate of drug-likeness (QED) is 0.761. The molecule has 0 bridgehead atoms. The second-order valence-electron chi connectivity index (χ2n) is 4.19. The van der Waals surface area contributed by atoms with Crippen LogP contribution in [0.15, 0.2) is 18.2 Å². The molecule has 5 heteroatoms. The van der Waals surface area contributed by atoms with Crippen LogP contribution in [-0.4, -0.2) is 25.7 Å². The molecule has 1 amide bonds. The van der Waals surface area contributed by atoms with Gasteiger partial charge in [0, 0.05) is 19.4 Å². The summed E-state index contributed by atoms with van der Waals surface area (Å²) in [6.45, 7) is 2.22. The van der Waals surface area contributed by atoms with E-state index in [9.17, 15) is 9.18 Å². The minimum Gasteiger partial charge on any atom is -0.385 e. The number of nitrogens with two attached hydrogens (primary N) is 1. The summed E-state index contributed by atoms with van der Waals surface area (Å²) < 4.78 is 17.9. The van der Waals surface area contributed by atoms with Gasteiger partial charge in [-0.2, -0.15) is 0 Å². The van der Waals surface area contributed by atoms with Crippen molar-refractivity contribution in [2.75, 3.05) is 19.0 Å². The molecule has 0 saturated heterocycles. The van der Waals surface area contributed by atoms with Gasteiger partial charge in [0.2, 0.25) is 5.91 Å². The molecule has 1 rings (SSSR count). The van der Waals surface area contributed by atoms with Crippen molar-refractivity contribution < 1.29 is 13.9 Å². The number of carbonyl (C=O) groups is 1. The Morgan fingerprint density at radius 3 is 2.89 bits per heavy atom. The van der Waals surface area contributed by atoms with E-state index in [0.29, 0.717) is 24.3 Å². The molecule has 100 valence electrons. The van der Waals surface area contributed by atoms with Crippen molar-refractivity contribution in [3.8, 4) is 0 Å².